The molecule has 0 amide bonds. The van der Waals surface area contributed by atoms with Crippen molar-refractivity contribution in [2.75, 3.05) is 42.6 Å². The van der Waals surface area contributed by atoms with Crippen LogP contribution in [0.15, 0.2) is 18.2 Å². The lowest BCUT2D eigenvalue weighted by atomic mass is 10.2. The zero-order valence-electron chi connectivity index (χ0n) is 12.8. The van der Waals surface area contributed by atoms with Crippen LogP contribution in [0.4, 0.5) is 17.1 Å². The Morgan fingerprint density at radius 3 is 2.55 bits per heavy atom. The normalized spacial score (nSPS) is 12.4. The molecule has 0 radical (unpaired) electrons. The molecule has 0 aromatic heterocycles. The van der Waals surface area contributed by atoms with Crippen molar-refractivity contribution in [2.45, 2.75) is 33.4 Å². The van der Waals surface area contributed by atoms with Gasteiger partial charge in [0.2, 0.25) is 0 Å². The molecule has 0 bridgehead atoms. The van der Waals surface area contributed by atoms with Gasteiger partial charge >= 0.3 is 0 Å². The SMILES string of the molecule is CCN(CC)C(C)Nc1ccc(NCCCO)cc1N. The fraction of sp³-hybridized carbons (Fsp3) is 0.600. The summed E-state index contributed by atoms with van der Waals surface area (Å²) in [7, 11) is 0. The summed E-state index contributed by atoms with van der Waals surface area (Å²) in [6.45, 7) is 9.40. The molecule has 1 atom stereocenters. The number of hydrogen-bond acceptors (Lipinski definition) is 5. The number of aliphatic hydroxyl groups is 1. The highest BCUT2D eigenvalue weighted by molar-refractivity contribution is 5.71. The molecule has 0 aliphatic heterocycles. The molecule has 0 aliphatic carbocycles. The van der Waals surface area contributed by atoms with E-state index in [-0.39, 0.29) is 12.8 Å². The maximum Gasteiger partial charge on any atom is 0.0764 e. The van der Waals surface area contributed by atoms with E-state index in [0.717, 1.165) is 43.1 Å². The minimum absolute atomic E-state index is 0.198. The molecule has 5 heteroatoms. The fourth-order valence-electron chi connectivity index (χ4n) is 2.20. The Morgan fingerprint density at radius 2 is 2.00 bits per heavy atom. The van der Waals surface area contributed by atoms with E-state index < -0.39 is 0 Å². The summed E-state index contributed by atoms with van der Waals surface area (Å²) >= 11 is 0. The molecule has 5 N–H and O–H groups in total. The first kappa shape index (κ1) is 16.6. The van der Waals surface area contributed by atoms with Gasteiger partial charge in [0.15, 0.2) is 0 Å². The monoisotopic (exact) mass is 280 g/mol. The third-order valence-electron chi connectivity index (χ3n) is 3.44. The van der Waals surface area contributed by atoms with Crippen molar-refractivity contribution >= 4 is 17.1 Å². The fourth-order valence-corrected chi connectivity index (χ4v) is 2.20. The number of nitrogens with one attached hydrogen (secondary N) is 2. The second-order valence-electron chi connectivity index (χ2n) is 4.85. The number of nitrogen functional groups attached to an aromatic ring is 1. The molecule has 1 aromatic rings. The highest BCUT2D eigenvalue weighted by Crippen LogP contribution is 2.23. The standard InChI is InChI=1S/C15H28N4O/c1-4-19(5-2)12(3)18-15-8-7-13(11-14(15)16)17-9-6-10-20/h7-8,11-12,17-18,20H,4-6,9-10,16H2,1-3H3. The lowest BCUT2D eigenvalue weighted by Crippen LogP contribution is -2.38. The van der Waals surface area contributed by atoms with Crippen molar-refractivity contribution < 1.29 is 5.11 Å². The van der Waals surface area contributed by atoms with Crippen molar-refractivity contribution in [3.63, 3.8) is 0 Å². The molecule has 0 fully saturated rings. The average Bonchev–Trinajstić information content (AvgIpc) is 2.43. The molecule has 20 heavy (non-hydrogen) atoms. The van der Waals surface area contributed by atoms with Crippen LogP contribution in [0.25, 0.3) is 0 Å². The minimum Gasteiger partial charge on any atom is -0.397 e. The Balaban J connectivity index is 2.63. The van der Waals surface area contributed by atoms with E-state index in [1.54, 1.807) is 0 Å². The Labute approximate surface area is 122 Å². The molecule has 0 spiro atoms. The van der Waals surface area contributed by atoms with Crippen LogP contribution in [0.2, 0.25) is 0 Å². The van der Waals surface area contributed by atoms with Gasteiger partial charge in [-0.1, -0.05) is 13.8 Å². The molecule has 0 saturated carbocycles. The zero-order chi connectivity index (χ0) is 15.0. The molecule has 0 heterocycles. The van der Waals surface area contributed by atoms with Crippen LogP contribution in [0.3, 0.4) is 0 Å². The molecule has 1 rings (SSSR count). The van der Waals surface area contributed by atoms with Crippen molar-refractivity contribution in [3.8, 4) is 0 Å². The molecule has 5 nitrogen and oxygen atoms in total. The summed E-state index contributed by atoms with van der Waals surface area (Å²) < 4.78 is 0. The van der Waals surface area contributed by atoms with E-state index >= 15 is 0 Å². The average molecular weight is 280 g/mol. The van der Waals surface area contributed by atoms with Gasteiger partial charge in [0, 0.05) is 18.8 Å². The van der Waals surface area contributed by atoms with Crippen LogP contribution >= 0.6 is 0 Å². The maximum absolute atomic E-state index is 8.76. The topological polar surface area (TPSA) is 73.5 Å². The molecular formula is C15H28N4O. The van der Waals surface area contributed by atoms with Gasteiger partial charge in [-0.3, -0.25) is 4.90 Å². The van der Waals surface area contributed by atoms with Crippen LogP contribution in [0, 0.1) is 0 Å². The number of hydrogen-bond donors (Lipinski definition) is 4. The third kappa shape index (κ3) is 4.90. The molecule has 0 aliphatic rings. The second kappa shape index (κ2) is 8.66. The molecule has 114 valence electrons. The zero-order valence-corrected chi connectivity index (χ0v) is 12.8. The van der Waals surface area contributed by atoms with Crippen LogP contribution in [-0.2, 0) is 0 Å². The summed E-state index contributed by atoms with van der Waals surface area (Å²) in [5.74, 6) is 0. The molecule has 1 aromatic carbocycles. The van der Waals surface area contributed by atoms with Crippen molar-refractivity contribution in [2.24, 2.45) is 0 Å². The van der Waals surface area contributed by atoms with Gasteiger partial charge in [-0.15, -0.1) is 0 Å². The molecule has 1 unspecified atom stereocenters. The lowest BCUT2D eigenvalue weighted by molar-refractivity contribution is 0.253. The first-order chi connectivity index (χ1) is 9.62. The van der Waals surface area contributed by atoms with Gasteiger partial charge in [-0.25, -0.2) is 0 Å². The van der Waals surface area contributed by atoms with Crippen LogP contribution in [-0.4, -0.2) is 42.4 Å². The smallest absolute Gasteiger partial charge is 0.0764 e. The van der Waals surface area contributed by atoms with Crippen LogP contribution in [0.5, 0.6) is 0 Å². The minimum atomic E-state index is 0.198. The van der Waals surface area contributed by atoms with E-state index in [1.807, 2.05) is 18.2 Å². The Morgan fingerprint density at radius 1 is 1.30 bits per heavy atom. The summed E-state index contributed by atoms with van der Waals surface area (Å²) in [4.78, 5) is 2.33. The Kier molecular flexibility index (Phi) is 7.18. The third-order valence-corrected chi connectivity index (χ3v) is 3.44. The highest BCUT2D eigenvalue weighted by atomic mass is 16.3. The van der Waals surface area contributed by atoms with Gasteiger partial charge in [0.25, 0.3) is 0 Å². The number of benzene rings is 1. The van der Waals surface area contributed by atoms with E-state index in [0.29, 0.717) is 0 Å². The maximum atomic E-state index is 8.76. The van der Waals surface area contributed by atoms with E-state index in [1.165, 1.54) is 0 Å². The van der Waals surface area contributed by atoms with Gasteiger partial charge < -0.3 is 21.5 Å². The van der Waals surface area contributed by atoms with Gasteiger partial charge in [0.1, 0.15) is 0 Å². The lowest BCUT2D eigenvalue weighted by Gasteiger charge is -2.28. The predicted molar refractivity (Wildman–Crippen MR) is 87.1 cm³/mol. The number of aliphatic hydroxyl groups excluding tert-OH is 1. The van der Waals surface area contributed by atoms with E-state index in [4.69, 9.17) is 10.8 Å². The Hall–Kier alpha value is -1.46. The number of rotatable bonds is 9. The largest absolute Gasteiger partial charge is 0.397 e. The molecular weight excluding hydrogens is 252 g/mol. The summed E-state index contributed by atoms with van der Waals surface area (Å²) in [5.41, 5.74) is 8.76. The van der Waals surface area contributed by atoms with E-state index in [2.05, 4.69) is 36.3 Å². The first-order valence-corrected chi connectivity index (χ1v) is 7.37. The summed E-state index contributed by atoms with van der Waals surface area (Å²) in [6, 6.07) is 5.93. The first-order valence-electron chi connectivity index (χ1n) is 7.37. The summed E-state index contributed by atoms with van der Waals surface area (Å²) in [6.07, 6.45) is 0.985. The second-order valence-corrected chi connectivity index (χ2v) is 4.85. The van der Waals surface area contributed by atoms with Gasteiger partial charge in [-0.2, -0.15) is 0 Å². The molecule has 0 saturated heterocycles. The van der Waals surface area contributed by atoms with Crippen LogP contribution < -0.4 is 16.4 Å². The van der Waals surface area contributed by atoms with E-state index in [9.17, 15) is 0 Å². The highest BCUT2D eigenvalue weighted by Gasteiger charge is 2.10. The summed E-state index contributed by atoms with van der Waals surface area (Å²) in [5, 5.41) is 15.4. The van der Waals surface area contributed by atoms with Crippen molar-refractivity contribution in [1.82, 2.24) is 4.90 Å². The number of anilines is 3. The van der Waals surface area contributed by atoms with Gasteiger partial charge in [0.05, 0.1) is 17.5 Å². The predicted octanol–water partition coefficient (Wildman–Crippen LogP) is 2.16. The quantitative estimate of drug-likeness (QED) is 0.317. The van der Waals surface area contributed by atoms with Crippen molar-refractivity contribution in [3.05, 3.63) is 18.2 Å². The van der Waals surface area contributed by atoms with Gasteiger partial charge in [-0.05, 0) is 44.6 Å². The number of nitrogens with two attached hydrogens (primary N) is 1. The van der Waals surface area contributed by atoms with Crippen molar-refractivity contribution in [1.29, 1.82) is 0 Å². The Bertz CT molecular complexity index is 393. The number of nitrogens with zero attached hydrogens (tertiary/aromatic N) is 1. The van der Waals surface area contributed by atoms with Crippen LogP contribution in [0.1, 0.15) is 27.2 Å².